The number of carbonyl (C=O) groups is 1. The lowest BCUT2D eigenvalue weighted by Gasteiger charge is -2.17. The van der Waals surface area contributed by atoms with Crippen molar-refractivity contribution in [2.24, 2.45) is 0 Å². The number of methoxy groups -OCH3 is 3. The quantitative estimate of drug-likeness (QED) is 0.823. The van der Waals surface area contributed by atoms with E-state index < -0.39 is 5.97 Å². The van der Waals surface area contributed by atoms with Crippen LogP contribution < -0.4 is 10.6 Å². The molecule has 2 rings (SSSR count). The standard InChI is InChI=1S/C13H17N3O4S/c1-18-7-5-16(6-8(7)19-2)12-10(13(17)20-3)11(15)9(4-14)21-12/h7-8H,5-6,15H2,1-3H3. The molecule has 8 heteroatoms. The third-order valence-electron chi connectivity index (χ3n) is 3.53. The second-order valence-electron chi connectivity index (χ2n) is 4.58. The van der Waals surface area contributed by atoms with E-state index >= 15 is 0 Å². The van der Waals surface area contributed by atoms with Crippen LogP contribution in [0.4, 0.5) is 10.7 Å². The van der Waals surface area contributed by atoms with Gasteiger partial charge in [0.25, 0.3) is 0 Å². The molecule has 0 spiro atoms. The zero-order valence-corrected chi connectivity index (χ0v) is 12.9. The van der Waals surface area contributed by atoms with Crippen molar-refractivity contribution in [3.05, 3.63) is 10.4 Å². The molecule has 2 heterocycles. The number of hydrogen-bond acceptors (Lipinski definition) is 8. The average Bonchev–Trinajstić information content (AvgIpc) is 3.06. The van der Waals surface area contributed by atoms with E-state index in [9.17, 15) is 4.79 Å². The molecule has 114 valence electrons. The minimum Gasteiger partial charge on any atom is -0.465 e. The summed E-state index contributed by atoms with van der Waals surface area (Å²) >= 11 is 1.18. The van der Waals surface area contributed by atoms with Crippen molar-refractivity contribution in [1.29, 1.82) is 5.26 Å². The lowest BCUT2D eigenvalue weighted by molar-refractivity contribution is -0.00461. The fourth-order valence-electron chi connectivity index (χ4n) is 2.40. The number of esters is 1. The highest BCUT2D eigenvalue weighted by Gasteiger charge is 2.37. The van der Waals surface area contributed by atoms with E-state index in [2.05, 4.69) is 0 Å². The Labute approximate surface area is 126 Å². The molecule has 2 unspecified atom stereocenters. The number of nitrogens with two attached hydrogens (primary N) is 1. The van der Waals surface area contributed by atoms with Crippen LogP contribution in [0.3, 0.4) is 0 Å². The molecule has 2 N–H and O–H groups in total. The number of ether oxygens (including phenoxy) is 3. The summed E-state index contributed by atoms with van der Waals surface area (Å²) in [5.41, 5.74) is 6.30. The zero-order valence-electron chi connectivity index (χ0n) is 12.1. The topological polar surface area (TPSA) is 97.8 Å². The Morgan fingerprint density at radius 1 is 1.33 bits per heavy atom. The van der Waals surface area contributed by atoms with Crippen molar-refractivity contribution in [3.63, 3.8) is 0 Å². The fourth-order valence-corrected chi connectivity index (χ4v) is 3.42. The number of anilines is 2. The molecule has 1 aromatic heterocycles. The Balaban J connectivity index is 2.41. The van der Waals surface area contributed by atoms with Gasteiger partial charge in [0, 0.05) is 27.3 Å². The highest BCUT2D eigenvalue weighted by atomic mass is 32.1. The minimum atomic E-state index is -0.546. The number of nitriles is 1. The largest absolute Gasteiger partial charge is 0.465 e. The first-order valence-electron chi connectivity index (χ1n) is 6.28. The Kier molecular flexibility index (Phi) is 4.67. The summed E-state index contributed by atoms with van der Waals surface area (Å²) in [4.78, 5) is 14.2. The zero-order chi connectivity index (χ0) is 15.6. The van der Waals surface area contributed by atoms with Crippen LogP contribution in [0, 0.1) is 11.3 Å². The molecule has 0 aliphatic carbocycles. The van der Waals surface area contributed by atoms with Gasteiger partial charge >= 0.3 is 5.97 Å². The molecule has 0 aromatic carbocycles. The summed E-state index contributed by atoms with van der Waals surface area (Å²) in [6, 6.07) is 2.01. The number of carbonyl (C=O) groups excluding carboxylic acids is 1. The molecule has 0 saturated carbocycles. The summed E-state index contributed by atoms with van der Waals surface area (Å²) < 4.78 is 15.5. The van der Waals surface area contributed by atoms with E-state index in [1.54, 1.807) is 14.2 Å². The molecule has 1 saturated heterocycles. The normalized spacial score (nSPS) is 21.3. The summed E-state index contributed by atoms with van der Waals surface area (Å²) in [6.07, 6.45) is -0.205. The first-order chi connectivity index (χ1) is 10.1. The molecule has 0 radical (unpaired) electrons. The van der Waals surface area contributed by atoms with Gasteiger partial charge in [0.1, 0.15) is 33.7 Å². The molecule has 1 aliphatic heterocycles. The van der Waals surface area contributed by atoms with E-state index in [0.717, 1.165) is 0 Å². The summed E-state index contributed by atoms with van der Waals surface area (Å²) in [5.74, 6) is -0.546. The van der Waals surface area contributed by atoms with Crippen LogP contribution in [0.2, 0.25) is 0 Å². The molecule has 1 fully saturated rings. The molecule has 21 heavy (non-hydrogen) atoms. The first-order valence-corrected chi connectivity index (χ1v) is 7.10. The summed E-state index contributed by atoms with van der Waals surface area (Å²) in [7, 11) is 4.52. The number of nitrogens with zero attached hydrogens (tertiary/aromatic N) is 2. The molecule has 1 aliphatic rings. The Bertz CT molecular complexity index is 569. The first kappa shape index (κ1) is 15.6. The van der Waals surface area contributed by atoms with E-state index in [4.69, 9.17) is 25.2 Å². The number of nitrogen functional groups attached to an aromatic ring is 1. The van der Waals surface area contributed by atoms with Crippen LogP contribution in [0.15, 0.2) is 0 Å². The van der Waals surface area contributed by atoms with Crippen molar-refractivity contribution < 1.29 is 19.0 Å². The molecule has 7 nitrogen and oxygen atoms in total. The average molecular weight is 311 g/mol. The lowest BCUT2D eigenvalue weighted by Crippen LogP contribution is -2.27. The highest BCUT2D eigenvalue weighted by Crippen LogP contribution is 2.40. The summed E-state index contributed by atoms with van der Waals surface area (Å²) in [6.45, 7) is 1.12. The van der Waals surface area contributed by atoms with Gasteiger partial charge in [-0.3, -0.25) is 0 Å². The maximum absolute atomic E-state index is 11.9. The predicted octanol–water partition coefficient (Wildman–Crippen LogP) is 0.839. The molecule has 0 bridgehead atoms. The van der Waals surface area contributed by atoms with Gasteiger partial charge in [-0.2, -0.15) is 5.26 Å². The maximum atomic E-state index is 11.9. The van der Waals surface area contributed by atoms with Gasteiger partial charge < -0.3 is 24.8 Å². The summed E-state index contributed by atoms with van der Waals surface area (Å²) in [5, 5.41) is 9.73. The van der Waals surface area contributed by atoms with Gasteiger partial charge in [-0.1, -0.05) is 0 Å². The Morgan fingerprint density at radius 3 is 2.33 bits per heavy atom. The van der Waals surface area contributed by atoms with Crippen LogP contribution in [-0.2, 0) is 14.2 Å². The minimum absolute atomic E-state index is 0.102. The molecular weight excluding hydrogens is 294 g/mol. The molecule has 1 aromatic rings. The molecule has 0 amide bonds. The van der Waals surface area contributed by atoms with Gasteiger partial charge in [-0.15, -0.1) is 11.3 Å². The molecular formula is C13H17N3O4S. The van der Waals surface area contributed by atoms with E-state index in [1.165, 1.54) is 18.4 Å². The van der Waals surface area contributed by atoms with Gasteiger partial charge in [0.2, 0.25) is 0 Å². The number of rotatable bonds is 4. The third kappa shape index (κ3) is 2.68. The van der Waals surface area contributed by atoms with Crippen LogP contribution in [0.25, 0.3) is 0 Å². The van der Waals surface area contributed by atoms with E-state index in [0.29, 0.717) is 23.0 Å². The second-order valence-corrected chi connectivity index (χ2v) is 5.58. The molecule has 2 atom stereocenters. The van der Waals surface area contributed by atoms with E-state index in [1.807, 2.05) is 11.0 Å². The number of hydrogen-bond donors (Lipinski definition) is 1. The predicted molar refractivity (Wildman–Crippen MR) is 78.6 cm³/mol. The third-order valence-corrected chi connectivity index (χ3v) is 4.70. The van der Waals surface area contributed by atoms with Gasteiger partial charge in [-0.05, 0) is 0 Å². The van der Waals surface area contributed by atoms with Crippen LogP contribution >= 0.6 is 11.3 Å². The fraction of sp³-hybridized carbons (Fsp3) is 0.538. The van der Waals surface area contributed by atoms with Crippen molar-refractivity contribution in [2.45, 2.75) is 12.2 Å². The van der Waals surface area contributed by atoms with Gasteiger partial charge in [0.05, 0.1) is 12.8 Å². The second kappa shape index (κ2) is 6.30. The monoisotopic (exact) mass is 311 g/mol. The van der Waals surface area contributed by atoms with Crippen molar-refractivity contribution in [1.82, 2.24) is 0 Å². The van der Waals surface area contributed by atoms with Crippen LogP contribution in [0.1, 0.15) is 15.2 Å². The van der Waals surface area contributed by atoms with Gasteiger partial charge in [-0.25, -0.2) is 4.79 Å². The maximum Gasteiger partial charge on any atom is 0.343 e. The van der Waals surface area contributed by atoms with Crippen LogP contribution in [-0.4, -0.2) is 52.6 Å². The SMILES string of the molecule is COC(=O)c1c(N2CC(OC)C(OC)C2)sc(C#N)c1N. The van der Waals surface area contributed by atoms with Crippen molar-refractivity contribution in [3.8, 4) is 6.07 Å². The van der Waals surface area contributed by atoms with Crippen molar-refractivity contribution >= 4 is 28.0 Å². The smallest absolute Gasteiger partial charge is 0.343 e. The van der Waals surface area contributed by atoms with Crippen molar-refractivity contribution in [2.75, 3.05) is 45.1 Å². The highest BCUT2D eigenvalue weighted by molar-refractivity contribution is 7.17. The Hall–Kier alpha value is -1.82. The number of thiophene rings is 1. The lowest BCUT2D eigenvalue weighted by atomic mass is 10.2. The van der Waals surface area contributed by atoms with Crippen LogP contribution in [0.5, 0.6) is 0 Å². The Morgan fingerprint density at radius 2 is 1.90 bits per heavy atom. The van der Waals surface area contributed by atoms with Gasteiger partial charge in [0.15, 0.2) is 0 Å². The van der Waals surface area contributed by atoms with E-state index in [-0.39, 0.29) is 23.5 Å².